The normalized spacial score (nSPS) is 17.5. The van der Waals surface area contributed by atoms with E-state index in [1.165, 1.54) is 17.0 Å². The van der Waals surface area contributed by atoms with E-state index in [4.69, 9.17) is 12.2 Å². The molecule has 1 atom stereocenters. The molecule has 0 saturated carbocycles. The average molecular weight is 333 g/mol. The number of nitro benzene ring substituents is 1. The van der Waals surface area contributed by atoms with Crippen molar-refractivity contribution in [3.63, 3.8) is 0 Å². The molecule has 0 aliphatic carbocycles. The van der Waals surface area contributed by atoms with Gasteiger partial charge in [0.25, 0.3) is 5.69 Å². The molecule has 0 amide bonds. The number of hydrogen-bond donors (Lipinski definition) is 1. The first-order chi connectivity index (χ1) is 10.6. The van der Waals surface area contributed by atoms with Crippen molar-refractivity contribution in [2.24, 2.45) is 0 Å². The van der Waals surface area contributed by atoms with Crippen molar-refractivity contribution < 1.29 is 4.92 Å². The second-order valence-electron chi connectivity index (χ2n) is 5.10. The zero-order chi connectivity index (χ0) is 15.5. The maximum absolute atomic E-state index is 10.7. The molecule has 1 aromatic heterocycles. The van der Waals surface area contributed by atoms with Crippen LogP contribution in [-0.4, -0.2) is 21.5 Å². The SMILES string of the molecule is O=[N+]([O-])c1ccc(NC(=S)N2CCC[C@H]2c2cccs2)cc1. The summed E-state index contributed by atoms with van der Waals surface area (Å²) in [5, 5.41) is 16.6. The second kappa shape index (κ2) is 6.41. The van der Waals surface area contributed by atoms with E-state index in [1.54, 1.807) is 23.5 Å². The monoisotopic (exact) mass is 333 g/mol. The Morgan fingerprint density at radius 3 is 2.77 bits per heavy atom. The van der Waals surface area contributed by atoms with E-state index < -0.39 is 4.92 Å². The summed E-state index contributed by atoms with van der Waals surface area (Å²) >= 11 is 7.27. The molecule has 7 heteroatoms. The number of nitrogens with zero attached hydrogens (tertiary/aromatic N) is 2. The fraction of sp³-hybridized carbons (Fsp3) is 0.267. The van der Waals surface area contributed by atoms with Gasteiger partial charge in [0.15, 0.2) is 5.11 Å². The lowest BCUT2D eigenvalue weighted by Gasteiger charge is -2.27. The van der Waals surface area contributed by atoms with Crippen LogP contribution >= 0.6 is 23.6 Å². The molecule has 1 aliphatic heterocycles. The number of anilines is 1. The molecule has 2 heterocycles. The second-order valence-corrected chi connectivity index (χ2v) is 6.47. The summed E-state index contributed by atoms with van der Waals surface area (Å²) in [6, 6.07) is 10.8. The van der Waals surface area contributed by atoms with E-state index in [2.05, 4.69) is 27.7 Å². The van der Waals surface area contributed by atoms with Crippen LogP contribution < -0.4 is 5.32 Å². The van der Waals surface area contributed by atoms with Crippen LogP contribution in [0.15, 0.2) is 41.8 Å². The first-order valence-corrected chi connectivity index (χ1v) is 8.29. The van der Waals surface area contributed by atoms with E-state index in [-0.39, 0.29) is 5.69 Å². The highest BCUT2D eigenvalue weighted by molar-refractivity contribution is 7.80. The molecule has 2 aromatic rings. The molecule has 0 radical (unpaired) electrons. The Kier molecular flexibility index (Phi) is 4.35. The van der Waals surface area contributed by atoms with Gasteiger partial charge < -0.3 is 10.2 Å². The van der Waals surface area contributed by atoms with Gasteiger partial charge in [-0.25, -0.2) is 0 Å². The lowest BCUT2D eigenvalue weighted by Crippen LogP contribution is -2.33. The molecular formula is C15H15N3O2S2. The summed E-state index contributed by atoms with van der Waals surface area (Å²) in [5.41, 5.74) is 0.849. The summed E-state index contributed by atoms with van der Waals surface area (Å²) in [7, 11) is 0. The molecule has 5 nitrogen and oxygen atoms in total. The third-order valence-corrected chi connectivity index (χ3v) is 5.02. The number of likely N-dealkylation sites (tertiary alicyclic amines) is 1. The van der Waals surface area contributed by atoms with Gasteiger partial charge in [0.1, 0.15) is 0 Å². The van der Waals surface area contributed by atoms with Gasteiger partial charge in [-0.05, 0) is 48.6 Å². The molecule has 1 saturated heterocycles. The fourth-order valence-electron chi connectivity index (χ4n) is 2.65. The van der Waals surface area contributed by atoms with Gasteiger partial charge in [0, 0.05) is 29.2 Å². The van der Waals surface area contributed by atoms with Crippen LogP contribution in [0.5, 0.6) is 0 Å². The minimum Gasteiger partial charge on any atom is -0.341 e. The van der Waals surface area contributed by atoms with Crippen LogP contribution in [0.1, 0.15) is 23.8 Å². The Balaban J connectivity index is 1.69. The smallest absolute Gasteiger partial charge is 0.269 e. The van der Waals surface area contributed by atoms with E-state index >= 15 is 0 Å². The van der Waals surface area contributed by atoms with Gasteiger partial charge in [0.05, 0.1) is 11.0 Å². The van der Waals surface area contributed by atoms with Crippen molar-refractivity contribution in [2.75, 3.05) is 11.9 Å². The average Bonchev–Trinajstić information content (AvgIpc) is 3.18. The number of hydrogen-bond acceptors (Lipinski definition) is 4. The molecule has 0 bridgehead atoms. The highest BCUT2D eigenvalue weighted by atomic mass is 32.1. The number of benzene rings is 1. The van der Waals surface area contributed by atoms with E-state index in [0.29, 0.717) is 11.2 Å². The first kappa shape index (κ1) is 14.9. The van der Waals surface area contributed by atoms with E-state index in [0.717, 1.165) is 25.1 Å². The molecule has 0 spiro atoms. The lowest BCUT2D eigenvalue weighted by atomic mass is 10.2. The number of thiocarbonyl (C=S) groups is 1. The van der Waals surface area contributed by atoms with Crippen LogP contribution in [0.3, 0.4) is 0 Å². The van der Waals surface area contributed by atoms with Gasteiger partial charge in [-0.15, -0.1) is 11.3 Å². The number of non-ortho nitro benzene ring substituents is 1. The van der Waals surface area contributed by atoms with Crippen molar-refractivity contribution in [1.82, 2.24) is 4.90 Å². The zero-order valence-corrected chi connectivity index (χ0v) is 13.4. The van der Waals surface area contributed by atoms with Crippen LogP contribution in [0.25, 0.3) is 0 Å². The summed E-state index contributed by atoms with van der Waals surface area (Å²) in [5.74, 6) is 0. The molecule has 0 unspecified atom stereocenters. The molecular weight excluding hydrogens is 318 g/mol. The number of thiophene rings is 1. The van der Waals surface area contributed by atoms with Crippen LogP contribution in [-0.2, 0) is 0 Å². The minimum absolute atomic E-state index is 0.0779. The number of rotatable bonds is 3. The Hall–Kier alpha value is -1.99. The maximum atomic E-state index is 10.7. The quantitative estimate of drug-likeness (QED) is 0.518. The van der Waals surface area contributed by atoms with Crippen LogP contribution in [0, 0.1) is 10.1 Å². The maximum Gasteiger partial charge on any atom is 0.269 e. The largest absolute Gasteiger partial charge is 0.341 e. The zero-order valence-electron chi connectivity index (χ0n) is 11.8. The predicted molar refractivity (Wildman–Crippen MR) is 92.3 cm³/mol. The Morgan fingerprint density at radius 1 is 1.36 bits per heavy atom. The molecule has 1 aliphatic rings. The van der Waals surface area contributed by atoms with E-state index in [9.17, 15) is 10.1 Å². The Labute approximate surface area is 137 Å². The van der Waals surface area contributed by atoms with Gasteiger partial charge in [-0.2, -0.15) is 0 Å². The molecule has 3 rings (SSSR count). The third kappa shape index (κ3) is 3.10. The predicted octanol–water partition coefficient (Wildman–Crippen LogP) is 4.19. The van der Waals surface area contributed by atoms with E-state index in [1.807, 2.05) is 0 Å². The summed E-state index contributed by atoms with van der Waals surface area (Å²) < 4.78 is 0. The molecule has 114 valence electrons. The highest BCUT2D eigenvalue weighted by Crippen LogP contribution is 2.34. The van der Waals surface area contributed by atoms with Crippen LogP contribution in [0.2, 0.25) is 0 Å². The van der Waals surface area contributed by atoms with Crippen molar-refractivity contribution in [3.05, 3.63) is 56.8 Å². The summed E-state index contributed by atoms with van der Waals surface area (Å²) in [4.78, 5) is 13.8. The molecule has 22 heavy (non-hydrogen) atoms. The molecule has 1 N–H and O–H groups in total. The minimum atomic E-state index is -0.407. The topological polar surface area (TPSA) is 58.4 Å². The summed E-state index contributed by atoms with van der Waals surface area (Å²) in [6.07, 6.45) is 2.22. The van der Waals surface area contributed by atoms with Gasteiger partial charge in [0.2, 0.25) is 0 Å². The van der Waals surface area contributed by atoms with Crippen molar-refractivity contribution >= 4 is 40.0 Å². The molecule has 1 aromatic carbocycles. The van der Waals surface area contributed by atoms with Gasteiger partial charge in [-0.1, -0.05) is 6.07 Å². The first-order valence-electron chi connectivity index (χ1n) is 7.00. The van der Waals surface area contributed by atoms with Crippen molar-refractivity contribution in [3.8, 4) is 0 Å². The van der Waals surface area contributed by atoms with Gasteiger partial charge in [-0.3, -0.25) is 10.1 Å². The van der Waals surface area contributed by atoms with Gasteiger partial charge >= 0.3 is 0 Å². The van der Waals surface area contributed by atoms with Crippen LogP contribution in [0.4, 0.5) is 11.4 Å². The Bertz CT molecular complexity index is 671. The fourth-order valence-corrected chi connectivity index (χ4v) is 3.86. The summed E-state index contributed by atoms with van der Waals surface area (Å²) in [6.45, 7) is 0.932. The Morgan fingerprint density at radius 2 is 2.14 bits per heavy atom. The van der Waals surface area contributed by atoms with Crippen molar-refractivity contribution in [1.29, 1.82) is 0 Å². The lowest BCUT2D eigenvalue weighted by molar-refractivity contribution is -0.384. The number of nitro groups is 1. The number of nitrogens with one attached hydrogen (secondary N) is 1. The highest BCUT2D eigenvalue weighted by Gasteiger charge is 2.28. The standard InChI is InChI=1S/C15H15N3O2S2/c19-18(20)12-7-5-11(6-8-12)16-15(21)17-9-1-3-13(17)14-4-2-10-22-14/h2,4-8,10,13H,1,3,9H2,(H,16,21)/t13-/m0/s1. The third-order valence-electron chi connectivity index (χ3n) is 3.71. The van der Waals surface area contributed by atoms with Crippen molar-refractivity contribution in [2.45, 2.75) is 18.9 Å². The molecule has 1 fully saturated rings.